The third kappa shape index (κ3) is 6.82. The van der Waals surface area contributed by atoms with E-state index in [1.807, 2.05) is 24.7 Å². The normalized spacial score (nSPS) is 21.0. The third-order valence-electron chi connectivity index (χ3n) is 12.3. The van der Waals surface area contributed by atoms with E-state index in [-0.39, 0.29) is 23.8 Å². The fourth-order valence-corrected chi connectivity index (χ4v) is 10.1. The number of thiophene rings is 1. The lowest BCUT2D eigenvalue weighted by molar-refractivity contribution is -0.134. The number of piperazine rings is 2. The summed E-state index contributed by atoms with van der Waals surface area (Å²) in [6.45, 7) is 12.5. The zero-order valence-electron chi connectivity index (χ0n) is 32.9. The summed E-state index contributed by atoms with van der Waals surface area (Å²) in [6, 6.07) is 23.4. The number of pyridine rings is 1. The topological polar surface area (TPSA) is 128 Å². The van der Waals surface area contributed by atoms with Crippen LogP contribution >= 0.6 is 11.3 Å². The largest absolute Gasteiger partial charge is 0.489 e. The summed E-state index contributed by atoms with van der Waals surface area (Å²) in [5, 5.41) is 13.2. The molecule has 10 rings (SSSR count). The molecule has 0 bridgehead atoms. The van der Waals surface area contributed by atoms with Gasteiger partial charge in [0.1, 0.15) is 11.5 Å². The number of ether oxygens (including phenoxy) is 1. The van der Waals surface area contributed by atoms with Crippen LogP contribution in [0.4, 0.5) is 11.4 Å². The Hall–Kier alpha value is -5.57. The predicted molar refractivity (Wildman–Crippen MR) is 228 cm³/mol. The second-order valence-corrected chi connectivity index (χ2v) is 17.1. The minimum Gasteiger partial charge on any atom is -0.489 e. The molecule has 0 radical (unpaired) electrons. The van der Waals surface area contributed by atoms with Crippen molar-refractivity contribution in [2.24, 2.45) is 7.05 Å². The van der Waals surface area contributed by atoms with Crippen LogP contribution in [0.25, 0.3) is 43.1 Å². The maximum Gasteiger partial charge on any atom is 0.265 e. The molecule has 4 aliphatic rings. The molecule has 0 saturated carbocycles. The van der Waals surface area contributed by atoms with Crippen LogP contribution in [0, 0.1) is 0 Å². The van der Waals surface area contributed by atoms with Gasteiger partial charge < -0.3 is 19.9 Å². The third-order valence-corrected chi connectivity index (χ3v) is 13.5. The van der Waals surface area contributed by atoms with E-state index >= 15 is 0 Å². The van der Waals surface area contributed by atoms with E-state index in [2.05, 4.69) is 90.9 Å². The standard InChI is InChI=1S/C44H47N9O4S/c1-27-26-57-41-39-31-8-10-34(46-35(31)11-12-37(39)58-42(41)44(56)45-27)28-4-3-5-29(24-28)52-20-16-50(17-21-52)14-15-51-18-22-53(23-19-51)30-6-7-32-36(25-30)49(2)48-40(32)33-9-13-38(54)47-43(33)55/h3-8,10-12,24-25,27,33H,9,13-23,26H2,1-2H3,(H,45,56)(H,47,54,55)/t27-,33?/m1/s1. The molecule has 0 aliphatic carbocycles. The van der Waals surface area contributed by atoms with Crippen LogP contribution in [0.2, 0.25) is 0 Å². The average Bonchev–Trinajstić information content (AvgIpc) is 3.75. The van der Waals surface area contributed by atoms with Crippen molar-refractivity contribution in [3.63, 3.8) is 0 Å². The molecule has 4 aliphatic heterocycles. The van der Waals surface area contributed by atoms with Crippen LogP contribution in [0.15, 0.2) is 66.7 Å². The van der Waals surface area contributed by atoms with Gasteiger partial charge in [-0.3, -0.25) is 34.2 Å². The van der Waals surface area contributed by atoms with Gasteiger partial charge in [-0.05, 0) is 67.9 Å². The summed E-state index contributed by atoms with van der Waals surface area (Å²) in [7, 11) is 1.93. The molecule has 7 heterocycles. The number of anilines is 2. The van der Waals surface area contributed by atoms with Crippen molar-refractivity contribution in [3.8, 4) is 17.0 Å². The molecule has 0 spiro atoms. The lowest BCUT2D eigenvalue weighted by atomic mass is 9.93. The highest BCUT2D eigenvalue weighted by atomic mass is 32.1. The minimum atomic E-state index is -0.395. The second-order valence-electron chi connectivity index (χ2n) is 16.1. The van der Waals surface area contributed by atoms with Crippen molar-refractivity contribution in [2.75, 3.05) is 81.9 Å². The number of aromatic nitrogens is 3. The van der Waals surface area contributed by atoms with Gasteiger partial charge in [-0.2, -0.15) is 5.10 Å². The van der Waals surface area contributed by atoms with Gasteiger partial charge in [0.05, 0.1) is 34.4 Å². The zero-order chi connectivity index (χ0) is 39.5. The van der Waals surface area contributed by atoms with Gasteiger partial charge >= 0.3 is 0 Å². The lowest BCUT2D eigenvalue weighted by Gasteiger charge is -2.39. The average molecular weight is 798 g/mol. The number of nitrogens with one attached hydrogen (secondary N) is 2. The summed E-state index contributed by atoms with van der Waals surface area (Å²) in [5.41, 5.74) is 7.07. The number of hydrogen-bond donors (Lipinski definition) is 2. The number of aryl methyl sites for hydroxylation is 1. The molecule has 58 heavy (non-hydrogen) atoms. The number of rotatable bonds is 7. The number of benzene rings is 3. The molecule has 3 aromatic carbocycles. The Bertz CT molecular complexity index is 2590. The van der Waals surface area contributed by atoms with Crippen LogP contribution < -0.4 is 25.2 Å². The van der Waals surface area contributed by atoms with E-state index in [9.17, 15) is 14.4 Å². The van der Waals surface area contributed by atoms with E-state index in [4.69, 9.17) is 14.8 Å². The number of nitrogens with zero attached hydrogens (tertiary/aromatic N) is 7. The lowest BCUT2D eigenvalue weighted by Crippen LogP contribution is -2.51. The minimum absolute atomic E-state index is 0.0419. The van der Waals surface area contributed by atoms with Crippen LogP contribution in [-0.4, -0.2) is 120 Å². The first kappa shape index (κ1) is 36.7. The molecular weight excluding hydrogens is 751 g/mol. The Kier molecular flexibility index (Phi) is 9.49. The first-order chi connectivity index (χ1) is 28.3. The smallest absolute Gasteiger partial charge is 0.265 e. The number of fused-ring (bicyclic) bond motifs is 6. The summed E-state index contributed by atoms with van der Waals surface area (Å²) in [5.74, 6) is -0.256. The van der Waals surface area contributed by atoms with E-state index in [0.29, 0.717) is 30.1 Å². The first-order valence-corrected chi connectivity index (χ1v) is 21.2. The monoisotopic (exact) mass is 797 g/mol. The van der Waals surface area contributed by atoms with Gasteiger partial charge in [-0.15, -0.1) is 11.3 Å². The molecule has 3 saturated heterocycles. The van der Waals surface area contributed by atoms with Crippen LogP contribution in [0.3, 0.4) is 0 Å². The van der Waals surface area contributed by atoms with Gasteiger partial charge in [0.25, 0.3) is 5.91 Å². The predicted octanol–water partition coefficient (Wildman–Crippen LogP) is 4.98. The molecule has 298 valence electrons. The molecular formula is C44H47N9O4S. The van der Waals surface area contributed by atoms with Gasteiger partial charge in [0, 0.05) is 117 Å². The number of piperidine rings is 1. The Labute approximate surface area is 340 Å². The number of carbonyl (C=O) groups excluding carboxylic acids is 3. The highest BCUT2D eigenvalue weighted by Crippen LogP contribution is 2.43. The van der Waals surface area contributed by atoms with Crippen LogP contribution in [0.1, 0.15) is 41.0 Å². The van der Waals surface area contributed by atoms with Crippen LogP contribution in [0.5, 0.6) is 5.75 Å². The molecule has 1 unspecified atom stereocenters. The van der Waals surface area contributed by atoms with Crippen LogP contribution in [-0.2, 0) is 16.6 Å². The molecule has 14 heteroatoms. The van der Waals surface area contributed by atoms with Crippen molar-refractivity contribution in [1.29, 1.82) is 0 Å². The molecule has 2 atom stereocenters. The number of imide groups is 1. The fourth-order valence-electron chi connectivity index (χ4n) is 9.05. The summed E-state index contributed by atoms with van der Waals surface area (Å²) >= 11 is 1.48. The van der Waals surface area contributed by atoms with Gasteiger partial charge in [0.2, 0.25) is 11.8 Å². The molecule has 13 nitrogen and oxygen atoms in total. The van der Waals surface area contributed by atoms with E-state index in [1.54, 1.807) is 0 Å². The fraction of sp³-hybridized carbons (Fsp3) is 0.386. The second kappa shape index (κ2) is 15.0. The summed E-state index contributed by atoms with van der Waals surface area (Å²) in [6.07, 6.45) is 0.842. The van der Waals surface area contributed by atoms with Crippen molar-refractivity contribution in [3.05, 3.63) is 77.3 Å². The van der Waals surface area contributed by atoms with Gasteiger partial charge in [-0.25, -0.2) is 4.98 Å². The van der Waals surface area contributed by atoms with Crippen molar-refractivity contribution < 1.29 is 19.1 Å². The van der Waals surface area contributed by atoms with Gasteiger partial charge in [0.15, 0.2) is 5.75 Å². The number of hydrogen-bond acceptors (Lipinski definition) is 11. The highest BCUT2D eigenvalue weighted by molar-refractivity contribution is 7.21. The molecule has 2 N–H and O–H groups in total. The van der Waals surface area contributed by atoms with E-state index in [0.717, 1.165) is 114 Å². The van der Waals surface area contributed by atoms with Crippen molar-refractivity contribution >= 4 is 72.3 Å². The Morgan fingerprint density at radius 1 is 0.828 bits per heavy atom. The van der Waals surface area contributed by atoms with Gasteiger partial charge in [-0.1, -0.05) is 12.1 Å². The van der Waals surface area contributed by atoms with E-state index < -0.39 is 5.92 Å². The van der Waals surface area contributed by atoms with E-state index in [1.165, 1.54) is 22.7 Å². The quantitative estimate of drug-likeness (QED) is 0.214. The van der Waals surface area contributed by atoms with Crippen molar-refractivity contribution in [1.82, 2.24) is 35.2 Å². The summed E-state index contributed by atoms with van der Waals surface area (Å²) < 4.78 is 9.06. The molecule has 6 aromatic rings. The SMILES string of the molecule is C[C@@H]1COc2c(sc3ccc4nc(-c5cccc(N6CCN(CCN7CCN(c8ccc9c(C%10CCC(=O)NC%10=O)nn(C)c9c8)CC7)CC6)c5)ccc4c23)C(=O)N1. The highest BCUT2D eigenvalue weighted by Gasteiger charge is 2.32. The maximum atomic E-state index is 12.8. The Morgan fingerprint density at radius 2 is 1.55 bits per heavy atom. The molecule has 3 amide bonds. The maximum absolute atomic E-state index is 12.8. The zero-order valence-corrected chi connectivity index (χ0v) is 33.7. The number of carbonyl (C=O) groups is 3. The number of amides is 3. The molecule has 3 fully saturated rings. The Balaban J connectivity index is 0.734. The Morgan fingerprint density at radius 3 is 2.29 bits per heavy atom. The first-order valence-electron chi connectivity index (χ1n) is 20.4. The summed E-state index contributed by atoms with van der Waals surface area (Å²) in [4.78, 5) is 52.9. The molecule has 3 aromatic heterocycles. The van der Waals surface area contributed by atoms with Crippen molar-refractivity contribution in [2.45, 2.75) is 31.7 Å².